The first-order valence-electron chi connectivity index (χ1n) is 10.3. The highest BCUT2D eigenvalue weighted by Gasteiger charge is 2.18. The Bertz CT molecular complexity index is 512. The Balaban J connectivity index is 4.08. The third kappa shape index (κ3) is 17.3. The lowest BCUT2D eigenvalue weighted by Crippen LogP contribution is -2.23. The van der Waals surface area contributed by atoms with Crippen LogP contribution in [0.25, 0.3) is 0 Å². The summed E-state index contributed by atoms with van der Waals surface area (Å²) in [5.74, 6) is -0.771. The Hall–Kier alpha value is -1.87. The SMILES string of the molecule is CCCCC/C=C\C/C=C\C=C/[C@](O)(CC)C/C=C\C/C=C\CCC(=O)O. The van der Waals surface area contributed by atoms with Gasteiger partial charge in [-0.05, 0) is 44.9 Å². The van der Waals surface area contributed by atoms with E-state index in [1.54, 1.807) is 0 Å². The number of carboxylic acid groups (broad SMARTS) is 1. The van der Waals surface area contributed by atoms with Crippen LogP contribution < -0.4 is 0 Å². The quantitative estimate of drug-likeness (QED) is 0.184. The number of rotatable bonds is 16. The van der Waals surface area contributed by atoms with E-state index in [-0.39, 0.29) is 6.42 Å². The van der Waals surface area contributed by atoms with Crippen LogP contribution in [-0.2, 0) is 4.79 Å². The van der Waals surface area contributed by atoms with Gasteiger partial charge in [0.25, 0.3) is 0 Å². The van der Waals surface area contributed by atoms with Crippen molar-refractivity contribution >= 4 is 5.97 Å². The molecule has 0 saturated heterocycles. The van der Waals surface area contributed by atoms with E-state index in [2.05, 4.69) is 25.2 Å². The van der Waals surface area contributed by atoms with Crippen molar-refractivity contribution in [3.8, 4) is 0 Å². The average molecular weight is 375 g/mol. The molecule has 0 aliphatic carbocycles. The molecule has 3 heteroatoms. The maximum Gasteiger partial charge on any atom is 0.303 e. The van der Waals surface area contributed by atoms with Gasteiger partial charge in [0, 0.05) is 6.42 Å². The fraction of sp³-hybridized carbons (Fsp3) is 0.542. The normalized spacial score (nSPS) is 15.1. The molecule has 0 radical (unpaired) electrons. The molecule has 1 atom stereocenters. The molecule has 152 valence electrons. The molecule has 0 rings (SSSR count). The number of aliphatic hydroxyl groups is 1. The smallest absolute Gasteiger partial charge is 0.303 e. The third-order valence-electron chi connectivity index (χ3n) is 4.28. The van der Waals surface area contributed by atoms with Gasteiger partial charge in [-0.2, -0.15) is 0 Å². The zero-order valence-electron chi connectivity index (χ0n) is 17.1. The number of allylic oxidation sites excluding steroid dienone is 8. The summed E-state index contributed by atoms with van der Waals surface area (Å²) >= 11 is 0. The first kappa shape index (κ1) is 25.1. The highest BCUT2D eigenvalue weighted by Crippen LogP contribution is 2.18. The molecular formula is C24H38O3. The van der Waals surface area contributed by atoms with Crippen LogP contribution >= 0.6 is 0 Å². The standard InChI is InChI=1S/C24H38O3/c1-3-5-6-7-8-9-10-12-15-18-21-24(27,4-2)22-19-16-13-11-14-17-20-23(25)26/h8-9,11-12,14-16,18-19,21,27H,3-7,10,13,17,20,22H2,1-2H3,(H,25,26)/b9-8-,14-11-,15-12-,19-16-,21-18-/t24-/m1/s1. The largest absolute Gasteiger partial charge is 0.481 e. The fourth-order valence-electron chi connectivity index (χ4n) is 2.41. The summed E-state index contributed by atoms with van der Waals surface area (Å²) in [5, 5.41) is 19.1. The lowest BCUT2D eigenvalue weighted by molar-refractivity contribution is -0.136. The summed E-state index contributed by atoms with van der Waals surface area (Å²) in [5.41, 5.74) is -0.816. The van der Waals surface area contributed by atoms with E-state index in [4.69, 9.17) is 5.11 Å². The van der Waals surface area contributed by atoms with Crippen molar-refractivity contribution in [1.29, 1.82) is 0 Å². The van der Waals surface area contributed by atoms with Gasteiger partial charge in [-0.25, -0.2) is 0 Å². The van der Waals surface area contributed by atoms with Crippen LogP contribution in [0.15, 0.2) is 60.8 Å². The lowest BCUT2D eigenvalue weighted by atomic mass is 9.95. The molecule has 0 fully saturated rings. The van der Waals surface area contributed by atoms with Crippen LogP contribution in [0.5, 0.6) is 0 Å². The van der Waals surface area contributed by atoms with E-state index in [9.17, 15) is 9.90 Å². The molecule has 0 aromatic rings. The number of hydrogen-bond acceptors (Lipinski definition) is 2. The van der Waals surface area contributed by atoms with Crippen molar-refractivity contribution in [3.05, 3.63) is 60.8 Å². The molecule has 0 spiro atoms. The molecule has 0 bridgehead atoms. The highest BCUT2D eigenvalue weighted by molar-refractivity contribution is 5.66. The monoisotopic (exact) mass is 374 g/mol. The van der Waals surface area contributed by atoms with Gasteiger partial charge < -0.3 is 10.2 Å². The summed E-state index contributed by atoms with van der Waals surface area (Å²) in [6, 6.07) is 0. The fourth-order valence-corrected chi connectivity index (χ4v) is 2.41. The van der Waals surface area contributed by atoms with E-state index in [0.29, 0.717) is 19.3 Å². The zero-order chi connectivity index (χ0) is 20.2. The van der Waals surface area contributed by atoms with Crippen LogP contribution in [-0.4, -0.2) is 21.8 Å². The molecule has 27 heavy (non-hydrogen) atoms. The molecule has 0 aromatic carbocycles. The second-order valence-electron chi connectivity index (χ2n) is 6.76. The van der Waals surface area contributed by atoms with Crippen LogP contribution in [0.4, 0.5) is 0 Å². The van der Waals surface area contributed by atoms with Crippen molar-refractivity contribution < 1.29 is 15.0 Å². The first-order valence-corrected chi connectivity index (χ1v) is 10.3. The Morgan fingerprint density at radius 1 is 0.852 bits per heavy atom. The minimum Gasteiger partial charge on any atom is -0.481 e. The molecule has 2 N–H and O–H groups in total. The summed E-state index contributed by atoms with van der Waals surface area (Å²) in [7, 11) is 0. The topological polar surface area (TPSA) is 57.5 Å². The molecule has 0 heterocycles. The second-order valence-corrected chi connectivity index (χ2v) is 6.76. The minimum absolute atomic E-state index is 0.169. The lowest BCUT2D eigenvalue weighted by Gasteiger charge is -2.20. The molecule has 3 nitrogen and oxygen atoms in total. The van der Waals surface area contributed by atoms with Crippen molar-refractivity contribution in [1.82, 2.24) is 0 Å². The van der Waals surface area contributed by atoms with Gasteiger partial charge in [0.15, 0.2) is 0 Å². The van der Waals surface area contributed by atoms with Crippen molar-refractivity contribution in [2.75, 3.05) is 0 Å². The van der Waals surface area contributed by atoms with Crippen LogP contribution in [0.1, 0.15) is 78.1 Å². The maximum absolute atomic E-state index is 10.6. The van der Waals surface area contributed by atoms with E-state index in [1.165, 1.54) is 19.3 Å². The summed E-state index contributed by atoms with van der Waals surface area (Å²) in [6.45, 7) is 4.20. The highest BCUT2D eigenvalue weighted by atomic mass is 16.4. The summed E-state index contributed by atoms with van der Waals surface area (Å²) in [4.78, 5) is 10.4. The van der Waals surface area contributed by atoms with Crippen LogP contribution in [0.2, 0.25) is 0 Å². The predicted octanol–water partition coefficient (Wildman–Crippen LogP) is 6.52. The molecular weight excluding hydrogens is 336 g/mol. The Labute approximate surface area is 165 Å². The Morgan fingerprint density at radius 3 is 2.19 bits per heavy atom. The first-order chi connectivity index (χ1) is 13.0. The average Bonchev–Trinajstić information content (AvgIpc) is 2.65. The van der Waals surface area contributed by atoms with Crippen molar-refractivity contribution in [2.45, 2.75) is 83.7 Å². The Morgan fingerprint density at radius 2 is 1.52 bits per heavy atom. The van der Waals surface area contributed by atoms with Crippen molar-refractivity contribution in [2.24, 2.45) is 0 Å². The Kier molecular flexibility index (Phi) is 16.3. The third-order valence-corrected chi connectivity index (χ3v) is 4.28. The van der Waals surface area contributed by atoms with Gasteiger partial charge in [0.05, 0.1) is 5.60 Å². The van der Waals surface area contributed by atoms with Gasteiger partial charge in [-0.3, -0.25) is 4.79 Å². The van der Waals surface area contributed by atoms with Crippen LogP contribution in [0.3, 0.4) is 0 Å². The molecule has 0 amide bonds. The molecule has 0 unspecified atom stereocenters. The van der Waals surface area contributed by atoms with Crippen molar-refractivity contribution in [3.63, 3.8) is 0 Å². The predicted molar refractivity (Wildman–Crippen MR) is 116 cm³/mol. The molecule has 0 aliphatic heterocycles. The zero-order valence-corrected chi connectivity index (χ0v) is 17.1. The summed E-state index contributed by atoms with van der Waals surface area (Å²) < 4.78 is 0. The number of aliphatic carboxylic acids is 1. The van der Waals surface area contributed by atoms with Crippen LogP contribution in [0, 0.1) is 0 Å². The van der Waals surface area contributed by atoms with E-state index >= 15 is 0 Å². The minimum atomic E-state index is -0.816. The van der Waals surface area contributed by atoms with E-state index in [1.807, 2.05) is 49.5 Å². The van der Waals surface area contributed by atoms with Gasteiger partial charge >= 0.3 is 5.97 Å². The molecule has 0 aliphatic rings. The maximum atomic E-state index is 10.6. The van der Waals surface area contributed by atoms with Gasteiger partial charge in [-0.15, -0.1) is 0 Å². The molecule has 0 aromatic heterocycles. The van der Waals surface area contributed by atoms with E-state index < -0.39 is 11.6 Å². The second kappa shape index (κ2) is 17.5. The number of carboxylic acids is 1. The number of unbranched alkanes of at least 4 members (excludes halogenated alkanes) is 3. The number of hydrogen-bond donors (Lipinski definition) is 2. The molecule has 0 saturated carbocycles. The summed E-state index contributed by atoms with van der Waals surface area (Å²) in [6.07, 6.45) is 28.8. The van der Waals surface area contributed by atoms with Gasteiger partial charge in [-0.1, -0.05) is 87.4 Å². The van der Waals surface area contributed by atoms with E-state index in [0.717, 1.165) is 19.3 Å². The van der Waals surface area contributed by atoms with Gasteiger partial charge in [0.2, 0.25) is 0 Å². The number of carbonyl (C=O) groups is 1. The van der Waals surface area contributed by atoms with Gasteiger partial charge in [0.1, 0.15) is 0 Å².